The fourth-order valence-corrected chi connectivity index (χ4v) is 1.39. The minimum atomic E-state index is -0.181. The summed E-state index contributed by atoms with van der Waals surface area (Å²) in [5.74, 6) is -0.181. The van der Waals surface area contributed by atoms with Crippen LogP contribution in [0.25, 0.3) is 0 Å². The Morgan fingerprint density at radius 1 is 1.50 bits per heavy atom. The minimum absolute atomic E-state index is 0.0440. The van der Waals surface area contributed by atoms with Gasteiger partial charge >= 0.3 is 0 Å². The lowest BCUT2D eigenvalue weighted by molar-refractivity contribution is 0.557. The first-order chi connectivity index (χ1) is 5.66. The van der Waals surface area contributed by atoms with Gasteiger partial charge in [0, 0.05) is 11.6 Å². The van der Waals surface area contributed by atoms with Crippen molar-refractivity contribution in [1.82, 2.24) is 5.32 Å². The lowest BCUT2D eigenvalue weighted by atomic mass is 10.1. The molecule has 0 unspecified atom stereocenters. The van der Waals surface area contributed by atoms with Crippen LogP contribution >= 0.6 is 15.9 Å². The summed E-state index contributed by atoms with van der Waals surface area (Å²) in [6, 6.07) is 5.35. The van der Waals surface area contributed by atoms with Crippen molar-refractivity contribution in [1.29, 1.82) is 0 Å². The average Bonchev–Trinajstić information content (AvgIpc) is 2.08. The largest absolute Gasteiger partial charge is 0.313 e. The van der Waals surface area contributed by atoms with Crippen LogP contribution in [0.2, 0.25) is 0 Å². The Hall–Kier alpha value is -0.410. The van der Waals surface area contributed by atoms with Gasteiger partial charge in [-0.05, 0) is 36.0 Å². The number of rotatable bonds is 2. The Morgan fingerprint density at radius 3 is 2.75 bits per heavy atom. The van der Waals surface area contributed by atoms with Crippen LogP contribution in [0.5, 0.6) is 0 Å². The van der Waals surface area contributed by atoms with Crippen molar-refractivity contribution in [2.75, 3.05) is 7.05 Å². The molecule has 0 heterocycles. The standard InChI is InChI=1S/C9H11BrFN/c1-6(12-2)7-4-3-5-8(10)9(7)11/h3-6,12H,1-2H3/t6-/m1/s1. The first kappa shape index (κ1) is 9.68. The molecule has 0 radical (unpaired) electrons. The van der Waals surface area contributed by atoms with E-state index in [-0.39, 0.29) is 11.9 Å². The number of halogens is 2. The second-order valence-electron chi connectivity index (χ2n) is 2.65. The molecular formula is C9H11BrFN. The quantitative estimate of drug-likeness (QED) is 0.826. The molecule has 1 nitrogen and oxygen atoms in total. The molecular weight excluding hydrogens is 221 g/mol. The zero-order valence-electron chi connectivity index (χ0n) is 7.07. The van der Waals surface area contributed by atoms with Crippen molar-refractivity contribution in [2.45, 2.75) is 13.0 Å². The lowest BCUT2D eigenvalue weighted by Gasteiger charge is -2.11. The minimum Gasteiger partial charge on any atom is -0.313 e. The highest BCUT2D eigenvalue weighted by Crippen LogP contribution is 2.22. The van der Waals surface area contributed by atoms with Crippen molar-refractivity contribution < 1.29 is 4.39 Å². The highest BCUT2D eigenvalue weighted by Gasteiger charge is 2.10. The highest BCUT2D eigenvalue weighted by atomic mass is 79.9. The lowest BCUT2D eigenvalue weighted by Crippen LogP contribution is -2.13. The smallest absolute Gasteiger partial charge is 0.142 e. The molecule has 0 aliphatic carbocycles. The predicted octanol–water partition coefficient (Wildman–Crippen LogP) is 2.87. The van der Waals surface area contributed by atoms with E-state index in [0.29, 0.717) is 10.0 Å². The maximum absolute atomic E-state index is 13.4. The van der Waals surface area contributed by atoms with E-state index in [9.17, 15) is 4.39 Å². The molecule has 0 aliphatic rings. The summed E-state index contributed by atoms with van der Waals surface area (Å²) >= 11 is 3.14. The molecule has 0 saturated carbocycles. The first-order valence-electron chi connectivity index (χ1n) is 3.78. The average molecular weight is 232 g/mol. The molecule has 0 fully saturated rings. The van der Waals surface area contributed by atoms with Crippen molar-refractivity contribution in [3.63, 3.8) is 0 Å². The third kappa shape index (κ3) is 1.84. The Balaban J connectivity index is 3.07. The van der Waals surface area contributed by atoms with E-state index in [1.54, 1.807) is 12.1 Å². The molecule has 1 aromatic rings. The summed E-state index contributed by atoms with van der Waals surface area (Å²) in [6.45, 7) is 1.92. The fraction of sp³-hybridized carbons (Fsp3) is 0.333. The summed E-state index contributed by atoms with van der Waals surface area (Å²) in [6.07, 6.45) is 0. The molecule has 1 aromatic carbocycles. The van der Waals surface area contributed by atoms with E-state index in [2.05, 4.69) is 21.2 Å². The van der Waals surface area contributed by atoms with Gasteiger partial charge in [0.2, 0.25) is 0 Å². The van der Waals surface area contributed by atoms with Gasteiger partial charge in [-0.3, -0.25) is 0 Å². The van der Waals surface area contributed by atoms with Crippen LogP contribution in [0.1, 0.15) is 18.5 Å². The molecule has 1 rings (SSSR count). The van der Waals surface area contributed by atoms with E-state index in [0.717, 1.165) is 0 Å². The fourth-order valence-electron chi connectivity index (χ4n) is 1.01. The molecule has 0 bridgehead atoms. The van der Waals surface area contributed by atoms with Crippen LogP contribution in [0.4, 0.5) is 4.39 Å². The number of nitrogens with one attached hydrogen (secondary N) is 1. The second-order valence-corrected chi connectivity index (χ2v) is 3.51. The third-order valence-corrected chi connectivity index (χ3v) is 2.49. The van der Waals surface area contributed by atoms with Gasteiger partial charge in [0.15, 0.2) is 0 Å². The van der Waals surface area contributed by atoms with Crippen molar-refractivity contribution in [3.8, 4) is 0 Å². The monoisotopic (exact) mass is 231 g/mol. The molecule has 12 heavy (non-hydrogen) atoms. The van der Waals surface area contributed by atoms with Gasteiger partial charge in [0.25, 0.3) is 0 Å². The van der Waals surface area contributed by atoms with Crippen molar-refractivity contribution >= 4 is 15.9 Å². The van der Waals surface area contributed by atoms with E-state index >= 15 is 0 Å². The summed E-state index contributed by atoms with van der Waals surface area (Å²) < 4.78 is 13.9. The van der Waals surface area contributed by atoms with Crippen LogP contribution in [-0.4, -0.2) is 7.05 Å². The van der Waals surface area contributed by atoms with Gasteiger partial charge in [-0.1, -0.05) is 12.1 Å². The topological polar surface area (TPSA) is 12.0 Å². The number of benzene rings is 1. The van der Waals surface area contributed by atoms with Crippen LogP contribution in [0, 0.1) is 5.82 Å². The summed E-state index contributed by atoms with van der Waals surface area (Å²) in [5.41, 5.74) is 0.687. The number of hydrogen-bond acceptors (Lipinski definition) is 1. The van der Waals surface area contributed by atoms with Crippen LogP contribution in [0.15, 0.2) is 22.7 Å². The van der Waals surface area contributed by atoms with Crippen LogP contribution < -0.4 is 5.32 Å². The van der Waals surface area contributed by atoms with E-state index < -0.39 is 0 Å². The van der Waals surface area contributed by atoms with E-state index in [1.165, 1.54) is 0 Å². The molecule has 0 saturated heterocycles. The molecule has 3 heteroatoms. The Morgan fingerprint density at radius 2 is 2.17 bits per heavy atom. The van der Waals surface area contributed by atoms with E-state index in [1.807, 2.05) is 20.0 Å². The summed E-state index contributed by atoms with van der Waals surface area (Å²) in [5, 5.41) is 2.99. The maximum Gasteiger partial charge on any atom is 0.142 e. The molecule has 0 spiro atoms. The normalized spacial score (nSPS) is 13.0. The zero-order valence-corrected chi connectivity index (χ0v) is 8.65. The third-order valence-electron chi connectivity index (χ3n) is 1.88. The van der Waals surface area contributed by atoms with Gasteiger partial charge < -0.3 is 5.32 Å². The van der Waals surface area contributed by atoms with Gasteiger partial charge in [-0.15, -0.1) is 0 Å². The zero-order chi connectivity index (χ0) is 9.14. The van der Waals surface area contributed by atoms with Crippen molar-refractivity contribution in [2.24, 2.45) is 0 Å². The molecule has 1 atom stereocenters. The SMILES string of the molecule is CN[C@H](C)c1cccc(Br)c1F. The van der Waals surface area contributed by atoms with Crippen molar-refractivity contribution in [3.05, 3.63) is 34.1 Å². The molecule has 0 aromatic heterocycles. The molecule has 0 aliphatic heterocycles. The van der Waals surface area contributed by atoms with Gasteiger partial charge in [-0.25, -0.2) is 4.39 Å². The first-order valence-corrected chi connectivity index (χ1v) is 4.57. The maximum atomic E-state index is 13.4. The Kier molecular flexibility index (Phi) is 3.23. The molecule has 0 amide bonds. The summed E-state index contributed by atoms with van der Waals surface area (Å²) in [7, 11) is 1.81. The predicted molar refractivity (Wildman–Crippen MR) is 51.6 cm³/mol. The van der Waals surface area contributed by atoms with Crippen LogP contribution in [-0.2, 0) is 0 Å². The summed E-state index contributed by atoms with van der Waals surface area (Å²) in [4.78, 5) is 0. The molecule has 1 N–H and O–H groups in total. The van der Waals surface area contributed by atoms with Gasteiger partial charge in [-0.2, -0.15) is 0 Å². The molecule has 66 valence electrons. The van der Waals surface area contributed by atoms with Gasteiger partial charge in [0.1, 0.15) is 5.82 Å². The second kappa shape index (κ2) is 4.01. The van der Waals surface area contributed by atoms with Crippen LogP contribution in [0.3, 0.4) is 0 Å². The Bertz CT molecular complexity index is 275. The van der Waals surface area contributed by atoms with E-state index in [4.69, 9.17) is 0 Å². The van der Waals surface area contributed by atoms with Gasteiger partial charge in [0.05, 0.1) is 4.47 Å². The number of hydrogen-bond donors (Lipinski definition) is 1. The Labute approximate surface area is 80.1 Å². The highest BCUT2D eigenvalue weighted by molar-refractivity contribution is 9.10.